The zero-order chi connectivity index (χ0) is 14.5. The minimum atomic E-state index is 1.16. The van der Waals surface area contributed by atoms with Gasteiger partial charge in [-0.3, -0.25) is 0 Å². The Morgan fingerprint density at radius 2 is 1.05 bits per heavy atom. The van der Waals surface area contributed by atoms with Crippen LogP contribution in [0.25, 0.3) is 0 Å². The maximum Gasteiger partial charge on any atom is 0.0104 e. The van der Waals surface area contributed by atoms with Crippen LogP contribution in [0.4, 0.5) is 0 Å². The second kappa shape index (κ2) is 7.24. The van der Waals surface area contributed by atoms with Gasteiger partial charge in [0, 0.05) is 21.3 Å². The van der Waals surface area contributed by atoms with E-state index in [4.69, 9.17) is 0 Å². The Labute approximate surface area is 131 Å². The predicted octanol–water partition coefficient (Wildman–Crippen LogP) is 5.80. The molecule has 2 aromatic carbocycles. The van der Waals surface area contributed by atoms with Crippen molar-refractivity contribution in [3.63, 3.8) is 0 Å². The van der Waals surface area contributed by atoms with E-state index in [0.717, 1.165) is 11.5 Å². The molecule has 0 aromatic heterocycles. The van der Waals surface area contributed by atoms with Crippen LogP contribution in [0, 0.1) is 27.7 Å². The first-order chi connectivity index (χ1) is 9.56. The first-order valence-electron chi connectivity index (χ1n) is 6.96. The van der Waals surface area contributed by atoms with E-state index in [-0.39, 0.29) is 0 Å². The highest BCUT2D eigenvalue weighted by Crippen LogP contribution is 2.28. The lowest BCUT2D eigenvalue weighted by Crippen LogP contribution is -1.89. The molecule has 0 nitrogen and oxygen atoms in total. The van der Waals surface area contributed by atoms with E-state index in [0.29, 0.717) is 0 Å². The van der Waals surface area contributed by atoms with Gasteiger partial charge in [0.15, 0.2) is 0 Å². The third-order valence-electron chi connectivity index (χ3n) is 3.29. The maximum absolute atomic E-state index is 2.29. The van der Waals surface area contributed by atoms with Crippen LogP contribution in [0.2, 0.25) is 0 Å². The molecule has 0 spiro atoms. The molecular formula is C18H22S2. The van der Waals surface area contributed by atoms with Crippen molar-refractivity contribution in [2.24, 2.45) is 0 Å². The topological polar surface area (TPSA) is 0 Å². The SMILES string of the molecule is Cc1ccc(C)c(SCCSc2cc(C)ccc2C)c1. The van der Waals surface area contributed by atoms with Crippen molar-refractivity contribution in [2.45, 2.75) is 37.5 Å². The summed E-state index contributed by atoms with van der Waals surface area (Å²) >= 11 is 3.94. The maximum atomic E-state index is 2.29. The molecule has 0 bridgehead atoms. The lowest BCUT2D eigenvalue weighted by molar-refractivity contribution is 1.25. The summed E-state index contributed by atoms with van der Waals surface area (Å²) in [6.07, 6.45) is 0. The zero-order valence-corrected chi connectivity index (χ0v) is 14.3. The zero-order valence-electron chi connectivity index (χ0n) is 12.7. The van der Waals surface area contributed by atoms with E-state index < -0.39 is 0 Å². The minimum absolute atomic E-state index is 1.16. The summed E-state index contributed by atoms with van der Waals surface area (Å²) in [4.78, 5) is 2.85. The van der Waals surface area contributed by atoms with E-state index in [2.05, 4.69) is 64.1 Å². The summed E-state index contributed by atoms with van der Waals surface area (Å²) in [6.45, 7) is 8.71. The lowest BCUT2D eigenvalue weighted by atomic mass is 10.2. The van der Waals surface area contributed by atoms with E-state index in [1.807, 2.05) is 23.5 Å². The molecule has 0 atom stereocenters. The molecule has 20 heavy (non-hydrogen) atoms. The van der Waals surface area contributed by atoms with Crippen molar-refractivity contribution in [3.05, 3.63) is 58.7 Å². The van der Waals surface area contributed by atoms with Crippen LogP contribution in [0.15, 0.2) is 46.2 Å². The van der Waals surface area contributed by atoms with Crippen LogP contribution in [-0.2, 0) is 0 Å². The highest BCUT2D eigenvalue weighted by molar-refractivity contribution is 8.03. The minimum Gasteiger partial charge on any atom is -0.125 e. The van der Waals surface area contributed by atoms with Gasteiger partial charge >= 0.3 is 0 Å². The van der Waals surface area contributed by atoms with Crippen molar-refractivity contribution in [1.82, 2.24) is 0 Å². The molecule has 0 saturated carbocycles. The summed E-state index contributed by atoms with van der Waals surface area (Å²) in [5.41, 5.74) is 5.47. The van der Waals surface area contributed by atoms with Gasteiger partial charge in [-0.2, -0.15) is 0 Å². The monoisotopic (exact) mass is 302 g/mol. The summed E-state index contributed by atoms with van der Waals surface area (Å²) in [6, 6.07) is 13.4. The Kier molecular flexibility index (Phi) is 5.62. The first kappa shape index (κ1) is 15.5. The highest BCUT2D eigenvalue weighted by Gasteiger charge is 2.02. The van der Waals surface area contributed by atoms with Gasteiger partial charge in [-0.15, -0.1) is 23.5 Å². The summed E-state index contributed by atoms with van der Waals surface area (Å²) in [7, 11) is 0. The quantitative estimate of drug-likeness (QED) is 0.505. The molecule has 0 aliphatic rings. The standard InChI is InChI=1S/C18H22S2/c1-13-5-7-15(3)17(11-13)19-9-10-20-18-12-14(2)6-8-16(18)4/h5-8,11-12H,9-10H2,1-4H3. The molecule has 0 amide bonds. The van der Waals surface area contributed by atoms with Crippen LogP contribution in [-0.4, -0.2) is 11.5 Å². The van der Waals surface area contributed by atoms with Crippen LogP contribution in [0.5, 0.6) is 0 Å². The van der Waals surface area contributed by atoms with Gasteiger partial charge in [-0.05, 0) is 51.0 Å². The largest absolute Gasteiger partial charge is 0.125 e. The summed E-state index contributed by atoms with van der Waals surface area (Å²) < 4.78 is 0. The van der Waals surface area contributed by atoms with Gasteiger partial charge < -0.3 is 0 Å². The first-order valence-corrected chi connectivity index (χ1v) is 8.93. The molecule has 0 saturated heterocycles. The van der Waals surface area contributed by atoms with E-state index in [1.165, 1.54) is 32.0 Å². The van der Waals surface area contributed by atoms with Gasteiger partial charge in [0.2, 0.25) is 0 Å². The molecule has 0 aliphatic heterocycles. The number of aryl methyl sites for hydroxylation is 4. The third kappa shape index (κ3) is 4.32. The Morgan fingerprint density at radius 1 is 0.650 bits per heavy atom. The molecule has 0 radical (unpaired) electrons. The van der Waals surface area contributed by atoms with Crippen LogP contribution in [0.3, 0.4) is 0 Å². The van der Waals surface area contributed by atoms with Crippen LogP contribution in [0.1, 0.15) is 22.3 Å². The number of rotatable bonds is 5. The fourth-order valence-corrected chi connectivity index (χ4v) is 4.27. The molecule has 0 aliphatic carbocycles. The smallest absolute Gasteiger partial charge is 0.0104 e. The van der Waals surface area contributed by atoms with Crippen LogP contribution < -0.4 is 0 Å². The molecule has 106 valence electrons. The van der Waals surface area contributed by atoms with Gasteiger partial charge in [0.05, 0.1) is 0 Å². The molecule has 0 N–H and O–H groups in total. The Bertz CT molecular complexity index is 534. The van der Waals surface area contributed by atoms with Crippen molar-refractivity contribution in [3.8, 4) is 0 Å². The van der Waals surface area contributed by atoms with Crippen molar-refractivity contribution in [2.75, 3.05) is 11.5 Å². The van der Waals surface area contributed by atoms with Gasteiger partial charge in [-0.25, -0.2) is 0 Å². The van der Waals surface area contributed by atoms with E-state index >= 15 is 0 Å². The average molecular weight is 303 g/mol. The third-order valence-corrected chi connectivity index (χ3v) is 5.86. The molecule has 2 rings (SSSR count). The van der Waals surface area contributed by atoms with Crippen LogP contribution >= 0.6 is 23.5 Å². The Balaban J connectivity index is 1.87. The number of benzene rings is 2. The van der Waals surface area contributed by atoms with Gasteiger partial charge in [-0.1, -0.05) is 35.4 Å². The second-order valence-corrected chi connectivity index (χ2v) is 7.51. The number of hydrogen-bond donors (Lipinski definition) is 0. The fourth-order valence-electron chi connectivity index (χ4n) is 2.03. The van der Waals surface area contributed by atoms with E-state index in [9.17, 15) is 0 Å². The van der Waals surface area contributed by atoms with Gasteiger partial charge in [0.1, 0.15) is 0 Å². The Morgan fingerprint density at radius 3 is 1.45 bits per heavy atom. The molecule has 0 fully saturated rings. The van der Waals surface area contributed by atoms with Crippen molar-refractivity contribution < 1.29 is 0 Å². The highest BCUT2D eigenvalue weighted by atomic mass is 32.2. The predicted molar refractivity (Wildman–Crippen MR) is 93.3 cm³/mol. The number of thioether (sulfide) groups is 2. The van der Waals surface area contributed by atoms with Crippen molar-refractivity contribution in [1.29, 1.82) is 0 Å². The van der Waals surface area contributed by atoms with Gasteiger partial charge in [0.25, 0.3) is 0 Å². The Hall–Kier alpha value is -0.860. The van der Waals surface area contributed by atoms with Crippen molar-refractivity contribution >= 4 is 23.5 Å². The molecule has 2 aromatic rings. The normalized spacial score (nSPS) is 10.8. The summed E-state index contributed by atoms with van der Waals surface area (Å²) in [5.74, 6) is 2.31. The molecule has 0 unspecified atom stereocenters. The van der Waals surface area contributed by atoms with E-state index in [1.54, 1.807) is 0 Å². The molecular weight excluding hydrogens is 280 g/mol. The fraction of sp³-hybridized carbons (Fsp3) is 0.333. The number of hydrogen-bond acceptors (Lipinski definition) is 2. The average Bonchev–Trinajstić information content (AvgIpc) is 2.42. The second-order valence-electron chi connectivity index (χ2n) is 5.23. The summed E-state index contributed by atoms with van der Waals surface area (Å²) in [5, 5.41) is 0. The molecule has 2 heteroatoms. The molecule has 0 heterocycles. The lowest BCUT2D eigenvalue weighted by Gasteiger charge is -2.08.